The Morgan fingerprint density at radius 3 is 1.23 bits per heavy atom. The van der Waals surface area contributed by atoms with Gasteiger partial charge in [-0.2, -0.15) is 16.8 Å². The topological polar surface area (TPSA) is 265 Å². The quantitative estimate of drug-likeness (QED) is 0.108. The molecule has 2 heterocycles. The summed E-state index contributed by atoms with van der Waals surface area (Å²) in [6.45, 7) is 2.92. The number of urea groups is 1. The van der Waals surface area contributed by atoms with E-state index in [1.54, 1.807) is 0 Å². The molecule has 2 aliphatic heterocycles. The third-order valence-corrected chi connectivity index (χ3v) is 15.2. The first-order valence-corrected chi connectivity index (χ1v) is 21.8. The van der Waals surface area contributed by atoms with E-state index < -0.39 is 67.6 Å². The zero-order chi connectivity index (χ0) is 40.4. The van der Waals surface area contributed by atoms with Crippen molar-refractivity contribution in [2.45, 2.75) is 33.4 Å². The minimum atomic E-state index is -4.98. The monoisotopic (exact) mass is 838 g/mol. The molecule has 56 heavy (non-hydrogen) atoms. The number of carbonyl (C=O) groups is 1. The second-order valence-corrected chi connectivity index (χ2v) is 19.0. The smallest absolute Gasteiger partial charge is 0.323 e. The van der Waals surface area contributed by atoms with E-state index in [2.05, 4.69) is 10.6 Å². The van der Waals surface area contributed by atoms with Crippen LogP contribution in [0, 0.1) is 13.8 Å². The zero-order valence-corrected chi connectivity index (χ0v) is 31.8. The summed E-state index contributed by atoms with van der Waals surface area (Å²) in [6.07, 6.45) is 0. The van der Waals surface area contributed by atoms with Crippen LogP contribution in [0.3, 0.4) is 0 Å². The molecule has 288 valence electrons. The Kier molecular flexibility index (Phi) is 7.93. The van der Waals surface area contributed by atoms with Crippen molar-refractivity contribution in [2.75, 3.05) is 19.2 Å². The van der Waals surface area contributed by atoms with Crippen molar-refractivity contribution in [1.82, 2.24) is 0 Å². The highest BCUT2D eigenvalue weighted by Gasteiger charge is 2.45. The van der Waals surface area contributed by atoms with Crippen LogP contribution in [0.15, 0.2) is 105 Å². The van der Waals surface area contributed by atoms with Crippen LogP contribution in [0.2, 0.25) is 0 Å². The predicted molar refractivity (Wildman–Crippen MR) is 205 cm³/mol. The number of anilines is 6. The fourth-order valence-corrected chi connectivity index (χ4v) is 12.7. The largest absolute Gasteiger partial charge is 0.506 e. The molecule has 0 atom stereocenters. The number of sulfonamides is 2. The Morgan fingerprint density at radius 1 is 0.554 bits per heavy atom. The first-order chi connectivity index (χ1) is 26.2. The summed E-state index contributed by atoms with van der Waals surface area (Å²) in [5, 5.41) is 26.2. The first-order valence-electron chi connectivity index (χ1n) is 16.1. The van der Waals surface area contributed by atoms with Gasteiger partial charge in [-0.3, -0.25) is 9.11 Å². The summed E-state index contributed by atoms with van der Waals surface area (Å²) in [7, 11) is -19.1. The third kappa shape index (κ3) is 5.27. The van der Waals surface area contributed by atoms with E-state index in [0.717, 1.165) is 20.7 Å². The highest BCUT2D eigenvalue weighted by atomic mass is 32.2. The molecule has 21 heteroatoms. The van der Waals surface area contributed by atoms with Crippen LogP contribution in [0.1, 0.15) is 11.1 Å². The second kappa shape index (κ2) is 12.0. The summed E-state index contributed by atoms with van der Waals surface area (Å²) in [6, 6.07) is 17.4. The lowest BCUT2D eigenvalue weighted by Crippen LogP contribution is -2.22. The lowest BCUT2D eigenvalue weighted by Gasteiger charge is -2.22. The number of phenolic OH excluding ortho intramolecular Hbond substituents is 2. The van der Waals surface area contributed by atoms with Gasteiger partial charge < -0.3 is 20.8 Å². The highest BCUT2D eigenvalue weighted by Crippen LogP contribution is 2.54. The van der Waals surface area contributed by atoms with Gasteiger partial charge in [-0.05, 0) is 37.1 Å². The number of aryl methyl sites for hydroxylation is 2. The Bertz CT molecular complexity index is 3050. The number of phenols is 2. The van der Waals surface area contributed by atoms with Crippen LogP contribution < -0.4 is 19.2 Å². The Hall–Kier alpha value is -5.97. The van der Waals surface area contributed by atoms with E-state index in [9.17, 15) is 57.8 Å². The van der Waals surface area contributed by atoms with Crippen molar-refractivity contribution >= 4 is 102 Å². The van der Waals surface area contributed by atoms with E-state index in [0.29, 0.717) is 0 Å². The van der Waals surface area contributed by atoms with Gasteiger partial charge in [-0.15, -0.1) is 0 Å². The molecule has 4 bridgehead atoms. The molecular weight excluding hydrogens is 813 g/mol. The molecule has 6 N–H and O–H groups in total. The molecule has 6 aromatic rings. The molecule has 0 unspecified atom stereocenters. The van der Waals surface area contributed by atoms with E-state index in [1.165, 1.54) is 86.6 Å². The number of carbonyl (C=O) groups excluding carboxylic acids is 1. The molecule has 0 aromatic heterocycles. The minimum Gasteiger partial charge on any atom is -0.506 e. The van der Waals surface area contributed by atoms with Crippen molar-refractivity contribution < 1.29 is 57.8 Å². The van der Waals surface area contributed by atoms with E-state index in [1.807, 2.05) is 0 Å². The van der Waals surface area contributed by atoms with Crippen LogP contribution in [-0.4, -0.2) is 59.0 Å². The number of benzene rings is 6. The Balaban J connectivity index is 1.23. The number of fused-ring (bicyclic) bond motifs is 6. The van der Waals surface area contributed by atoms with Gasteiger partial charge >= 0.3 is 6.03 Å². The van der Waals surface area contributed by atoms with E-state index in [4.69, 9.17) is 0 Å². The van der Waals surface area contributed by atoms with Crippen molar-refractivity contribution in [3.05, 3.63) is 96.1 Å². The number of hydrogen-bond acceptors (Lipinski definition) is 11. The predicted octanol–water partition coefficient (Wildman–Crippen LogP) is 5.84. The van der Waals surface area contributed by atoms with Gasteiger partial charge in [0.15, 0.2) is 0 Å². The maximum Gasteiger partial charge on any atom is 0.323 e. The van der Waals surface area contributed by atoms with Gasteiger partial charge in [0.25, 0.3) is 40.3 Å². The maximum atomic E-state index is 14.2. The van der Waals surface area contributed by atoms with Crippen LogP contribution in [0.4, 0.5) is 38.9 Å². The minimum absolute atomic E-state index is 0.00502. The van der Waals surface area contributed by atoms with E-state index in [-0.39, 0.29) is 76.6 Å². The van der Waals surface area contributed by atoms with Crippen molar-refractivity contribution in [2.24, 2.45) is 0 Å². The second-order valence-electron chi connectivity index (χ2n) is 12.9. The van der Waals surface area contributed by atoms with Gasteiger partial charge in [-0.25, -0.2) is 30.2 Å². The highest BCUT2D eigenvalue weighted by molar-refractivity contribution is 7.94. The normalized spacial score (nSPS) is 15.4. The molecule has 17 nitrogen and oxygen atoms in total. The van der Waals surface area contributed by atoms with Crippen LogP contribution in [-0.2, 0) is 40.3 Å². The molecule has 0 aliphatic carbocycles. The van der Waals surface area contributed by atoms with Gasteiger partial charge in [-0.1, -0.05) is 60.7 Å². The number of amides is 2. The SMILES string of the molecule is Cc1ccc2c(NC(=O)Nc3c4ccc(C)c3S(=O)(=O)N4c3cc(O)c(S(=O)(=O)O)c4ccccc34)c1S(=O)(=O)N2c1cc(O)c(S(=O)(=O)O)c2ccccc12. The molecule has 2 aliphatic rings. The van der Waals surface area contributed by atoms with Crippen molar-refractivity contribution in [1.29, 1.82) is 0 Å². The number of hydrogen-bond donors (Lipinski definition) is 6. The lowest BCUT2D eigenvalue weighted by molar-refractivity contribution is 0.262. The van der Waals surface area contributed by atoms with Crippen LogP contribution in [0.25, 0.3) is 21.5 Å². The summed E-state index contributed by atoms with van der Waals surface area (Å²) in [5.41, 5.74) is -0.790. The fourth-order valence-electron chi connectivity index (χ4n) is 7.32. The molecular formula is C35H26N4O13S4. The summed E-state index contributed by atoms with van der Waals surface area (Å²) >= 11 is 0. The fraction of sp³-hybridized carbons (Fsp3) is 0.0571. The Morgan fingerprint density at radius 2 is 0.893 bits per heavy atom. The van der Waals surface area contributed by atoms with Gasteiger partial charge in [0, 0.05) is 33.7 Å². The standard InChI is InChI=1S/C35H26N4O13S4/c1-17-11-13-23-29(31(17)53(43,44)38(23)25-15-27(40)33(55(47,48)49)21-9-5-3-7-19(21)25)36-35(42)37-30-24-14-12-18(2)32(30)54(45,46)39(24)26-16-28(41)34(56(50,51)52)22-10-6-4-8-20(22)26/h3-16,40-41H,1-2H3,(H2,36,37,42)(H,47,48,49)(H,50,51,52). The van der Waals surface area contributed by atoms with Crippen LogP contribution in [0.5, 0.6) is 11.5 Å². The molecule has 8 rings (SSSR count). The van der Waals surface area contributed by atoms with E-state index >= 15 is 0 Å². The van der Waals surface area contributed by atoms with Crippen molar-refractivity contribution in [3.8, 4) is 11.5 Å². The summed E-state index contributed by atoms with van der Waals surface area (Å²) in [4.78, 5) is 11.5. The lowest BCUT2D eigenvalue weighted by atomic mass is 10.1. The molecule has 0 saturated heterocycles. The summed E-state index contributed by atoms with van der Waals surface area (Å²) in [5.74, 6) is -1.89. The number of rotatable bonds is 6. The maximum absolute atomic E-state index is 14.2. The van der Waals surface area contributed by atoms with Crippen molar-refractivity contribution in [3.63, 3.8) is 0 Å². The van der Waals surface area contributed by atoms with Gasteiger partial charge in [0.2, 0.25) is 0 Å². The van der Waals surface area contributed by atoms with Gasteiger partial charge in [0.1, 0.15) is 31.1 Å². The van der Waals surface area contributed by atoms with Gasteiger partial charge in [0.05, 0.1) is 34.1 Å². The summed E-state index contributed by atoms with van der Waals surface area (Å²) < 4.78 is 127. The molecule has 0 radical (unpaired) electrons. The number of aromatic hydroxyl groups is 2. The molecule has 0 saturated carbocycles. The average Bonchev–Trinajstić information content (AvgIpc) is 3.34. The first kappa shape index (κ1) is 37.0. The molecule has 0 fully saturated rings. The molecule has 2 amide bonds. The number of nitrogens with one attached hydrogen (secondary N) is 2. The zero-order valence-electron chi connectivity index (χ0n) is 28.6. The number of nitrogens with zero attached hydrogens (tertiary/aromatic N) is 2. The molecule has 0 spiro atoms. The van der Waals surface area contributed by atoms with Crippen LogP contribution >= 0.6 is 0 Å². The Labute approximate surface area is 318 Å². The average molecular weight is 839 g/mol. The molecule has 6 aromatic carbocycles. The third-order valence-electron chi connectivity index (χ3n) is 9.44.